The predicted octanol–water partition coefficient (Wildman–Crippen LogP) is 4.33. The van der Waals surface area contributed by atoms with Crippen LogP contribution in [0.4, 0.5) is 10.5 Å². The van der Waals surface area contributed by atoms with Gasteiger partial charge >= 0.3 is 6.09 Å². The summed E-state index contributed by atoms with van der Waals surface area (Å²) >= 11 is 6.59. The van der Waals surface area contributed by atoms with E-state index in [-0.39, 0.29) is 12.6 Å². The molecule has 1 fully saturated rings. The summed E-state index contributed by atoms with van der Waals surface area (Å²) in [6, 6.07) is 17.3. The van der Waals surface area contributed by atoms with Crippen LogP contribution >= 0.6 is 11.6 Å². The molecule has 1 amide bonds. The van der Waals surface area contributed by atoms with E-state index in [9.17, 15) is 15.0 Å². The monoisotopic (exact) mass is 595 g/mol. The average molecular weight is 596 g/mol. The van der Waals surface area contributed by atoms with Crippen LogP contribution in [0.5, 0.6) is 6.01 Å². The minimum atomic E-state index is -0.841. The standard InChI is InChI=1S/C30H34ClN5O6/c1-17(37)27-25(38)14-22(16-41-27)42-29-33-24-15-23(31)26(34-28(24)35-29)20-6-4-18(5-7-20)19-8-10-21(11-9-19)32-30(39)40-13-12-36(2)3/h4-11,15,17,22,25,27,37-38H,12-14,16H2,1-3H3,(H,32,39)(H,33,34,35)/t17?,22-,25+,27-/m1/s1. The zero-order valence-corrected chi connectivity index (χ0v) is 24.3. The summed E-state index contributed by atoms with van der Waals surface area (Å²) < 4.78 is 16.6. The number of nitrogens with one attached hydrogen (secondary N) is 2. The van der Waals surface area contributed by atoms with Crippen LogP contribution in [0, 0.1) is 0 Å². The minimum absolute atomic E-state index is 0.221. The molecule has 3 heterocycles. The summed E-state index contributed by atoms with van der Waals surface area (Å²) in [5.74, 6) is 0. The van der Waals surface area contributed by atoms with E-state index in [4.69, 9.17) is 25.8 Å². The molecule has 1 unspecified atom stereocenters. The number of carbonyl (C=O) groups is 1. The number of ether oxygens (including phenoxy) is 3. The number of aliphatic hydroxyl groups is 2. The quantitative estimate of drug-likeness (QED) is 0.222. The number of halogens is 1. The van der Waals surface area contributed by atoms with Crippen LogP contribution in [0.25, 0.3) is 33.5 Å². The Morgan fingerprint density at radius 1 is 1.14 bits per heavy atom. The number of aromatic amines is 1. The highest BCUT2D eigenvalue weighted by atomic mass is 35.5. The molecule has 0 saturated carbocycles. The molecule has 4 N–H and O–H groups in total. The number of aliphatic hydroxyl groups excluding tert-OH is 2. The number of aromatic nitrogens is 3. The van der Waals surface area contributed by atoms with Crippen LogP contribution in [0.15, 0.2) is 54.6 Å². The first-order valence-corrected chi connectivity index (χ1v) is 14.0. The largest absolute Gasteiger partial charge is 0.459 e. The van der Waals surface area contributed by atoms with Crippen LogP contribution in [-0.4, -0.2) is 94.4 Å². The van der Waals surface area contributed by atoms with Gasteiger partial charge in [0.1, 0.15) is 18.8 Å². The molecule has 0 aliphatic carbocycles. The summed E-state index contributed by atoms with van der Waals surface area (Å²) in [6.45, 7) is 2.78. The average Bonchev–Trinajstić information content (AvgIpc) is 3.33. The Bertz CT molecular complexity index is 1510. The Kier molecular flexibility index (Phi) is 9.24. The third-order valence-corrected chi connectivity index (χ3v) is 7.20. The lowest BCUT2D eigenvalue weighted by atomic mass is 10.00. The maximum Gasteiger partial charge on any atom is 0.411 e. The van der Waals surface area contributed by atoms with E-state index in [0.29, 0.717) is 47.1 Å². The number of likely N-dealkylation sites (N-methyl/N-ethyl adjacent to an activating group) is 1. The zero-order chi connectivity index (χ0) is 29.8. The number of nitrogens with zero attached hydrogens (tertiary/aromatic N) is 3. The van der Waals surface area contributed by atoms with Crippen molar-refractivity contribution in [3.63, 3.8) is 0 Å². The highest BCUT2D eigenvalue weighted by Crippen LogP contribution is 2.32. The van der Waals surface area contributed by atoms with E-state index in [2.05, 4.69) is 20.3 Å². The van der Waals surface area contributed by atoms with Crippen molar-refractivity contribution in [1.29, 1.82) is 0 Å². The molecule has 4 atom stereocenters. The predicted molar refractivity (Wildman–Crippen MR) is 160 cm³/mol. The van der Waals surface area contributed by atoms with Crippen molar-refractivity contribution in [3.05, 3.63) is 59.6 Å². The summed E-state index contributed by atoms with van der Waals surface area (Å²) in [4.78, 5) is 26.1. The van der Waals surface area contributed by atoms with E-state index < -0.39 is 30.5 Å². The number of amides is 1. The zero-order valence-electron chi connectivity index (χ0n) is 23.6. The Hall–Kier alpha value is -3.74. The van der Waals surface area contributed by atoms with E-state index in [1.54, 1.807) is 13.0 Å². The third kappa shape index (κ3) is 7.18. The van der Waals surface area contributed by atoms with Gasteiger partial charge in [0.05, 0.1) is 35.0 Å². The first-order chi connectivity index (χ1) is 20.2. The third-order valence-electron chi connectivity index (χ3n) is 6.91. The first-order valence-electron chi connectivity index (χ1n) is 13.7. The molecule has 0 radical (unpaired) electrons. The van der Waals surface area contributed by atoms with Crippen molar-refractivity contribution in [1.82, 2.24) is 19.9 Å². The Labute approximate surface area is 248 Å². The molecule has 1 aliphatic rings. The number of carbonyl (C=O) groups excluding carboxylic acids is 1. The molecule has 4 aromatic rings. The van der Waals surface area contributed by atoms with E-state index in [0.717, 1.165) is 16.7 Å². The number of rotatable bonds is 9. The SMILES string of the molecule is CC(O)[C@H]1OC[C@H](Oc2nc3nc(-c4ccc(-c5ccc(NC(=O)OCCN(C)C)cc5)cc4)c(Cl)cc3[nH]2)C[C@@H]1O. The highest BCUT2D eigenvalue weighted by molar-refractivity contribution is 6.33. The van der Waals surface area contributed by atoms with Crippen LogP contribution in [-0.2, 0) is 9.47 Å². The van der Waals surface area contributed by atoms with Gasteiger partial charge < -0.3 is 34.3 Å². The molecule has 1 aliphatic heterocycles. The fourth-order valence-electron chi connectivity index (χ4n) is 4.70. The molecule has 0 bridgehead atoms. The topological polar surface area (TPSA) is 142 Å². The lowest BCUT2D eigenvalue weighted by Gasteiger charge is -2.34. The lowest BCUT2D eigenvalue weighted by molar-refractivity contribution is -0.152. The molecular formula is C30H34ClN5O6. The normalized spacial score (nSPS) is 19.5. The fourth-order valence-corrected chi connectivity index (χ4v) is 4.96. The van der Waals surface area contributed by atoms with Crippen molar-refractivity contribution in [2.45, 2.75) is 37.8 Å². The summed E-state index contributed by atoms with van der Waals surface area (Å²) in [7, 11) is 3.83. The van der Waals surface area contributed by atoms with Gasteiger partial charge in [0, 0.05) is 24.2 Å². The molecule has 0 spiro atoms. The van der Waals surface area contributed by atoms with Gasteiger partial charge in [-0.3, -0.25) is 5.32 Å². The van der Waals surface area contributed by atoms with Gasteiger partial charge in [-0.05, 0) is 50.3 Å². The molecule has 12 heteroatoms. The van der Waals surface area contributed by atoms with Crippen molar-refractivity contribution in [2.75, 3.05) is 39.2 Å². The molecule has 2 aromatic carbocycles. The van der Waals surface area contributed by atoms with Crippen LogP contribution in [0.2, 0.25) is 5.02 Å². The number of hydrogen-bond donors (Lipinski definition) is 4. The number of anilines is 1. The van der Waals surface area contributed by atoms with Crippen LogP contribution in [0.3, 0.4) is 0 Å². The van der Waals surface area contributed by atoms with E-state index >= 15 is 0 Å². The van der Waals surface area contributed by atoms with Gasteiger partial charge in [-0.2, -0.15) is 4.98 Å². The number of hydrogen-bond acceptors (Lipinski definition) is 9. The second-order valence-electron chi connectivity index (χ2n) is 10.5. The maximum absolute atomic E-state index is 12.0. The number of imidazole rings is 1. The Balaban J connectivity index is 1.23. The minimum Gasteiger partial charge on any atom is -0.459 e. The summed E-state index contributed by atoms with van der Waals surface area (Å²) in [5, 5.41) is 23.2. The summed E-state index contributed by atoms with van der Waals surface area (Å²) in [6.07, 6.45) is -2.86. The van der Waals surface area contributed by atoms with Crippen molar-refractivity contribution in [2.24, 2.45) is 0 Å². The second-order valence-corrected chi connectivity index (χ2v) is 10.9. The fraction of sp³-hybridized carbons (Fsp3) is 0.367. The van der Waals surface area contributed by atoms with Gasteiger partial charge in [-0.15, -0.1) is 0 Å². The van der Waals surface area contributed by atoms with Crippen LogP contribution in [0.1, 0.15) is 13.3 Å². The summed E-state index contributed by atoms with van der Waals surface area (Å²) in [5.41, 5.74) is 5.07. The number of benzene rings is 2. The van der Waals surface area contributed by atoms with Crippen molar-refractivity contribution < 1.29 is 29.2 Å². The van der Waals surface area contributed by atoms with Crippen molar-refractivity contribution in [3.8, 4) is 28.4 Å². The molecule has 1 saturated heterocycles. The molecular weight excluding hydrogens is 562 g/mol. The maximum atomic E-state index is 12.0. The smallest absolute Gasteiger partial charge is 0.411 e. The van der Waals surface area contributed by atoms with Crippen molar-refractivity contribution >= 4 is 34.5 Å². The lowest BCUT2D eigenvalue weighted by Crippen LogP contribution is -2.48. The van der Waals surface area contributed by atoms with Crippen LogP contribution < -0.4 is 10.1 Å². The molecule has 42 heavy (non-hydrogen) atoms. The van der Waals surface area contributed by atoms with E-state index in [1.165, 1.54) is 0 Å². The Morgan fingerprint density at radius 2 is 1.81 bits per heavy atom. The molecule has 222 valence electrons. The number of fused-ring (bicyclic) bond motifs is 1. The molecule has 11 nitrogen and oxygen atoms in total. The molecule has 5 rings (SSSR count). The van der Waals surface area contributed by atoms with E-state index in [1.807, 2.05) is 67.5 Å². The number of pyridine rings is 1. The van der Waals surface area contributed by atoms with Gasteiger partial charge in [-0.1, -0.05) is 48.0 Å². The second kappa shape index (κ2) is 13.1. The Morgan fingerprint density at radius 3 is 2.45 bits per heavy atom. The van der Waals surface area contributed by atoms with Gasteiger partial charge in [0.15, 0.2) is 5.65 Å². The number of H-pyrrole nitrogens is 1. The van der Waals surface area contributed by atoms with Gasteiger partial charge in [-0.25, -0.2) is 9.78 Å². The molecule has 2 aromatic heterocycles. The highest BCUT2D eigenvalue weighted by Gasteiger charge is 2.34. The first kappa shape index (κ1) is 29.7. The van der Waals surface area contributed by atoms with Gasteiger partial charge in [0.25, 0.3) is 6.01 Å². The van der Waals surface area contributed by atoms with Gasteiger partial charge in [0.2, 0.25) is 0 Å².